The third-order valence-electron chi connectivity index (χ3n) is 3.15. The van der Waals surface area contributed by atoms with Crippen LogP contribution in [-0.2, 0) is 13.0 Å². The van der Waals surface area contributed by atoms with Crippen molar-refractivity contribution in [1.82, 2.24) is 9.88 Å². The average molecular weight is 269 g/mol. The van der Waals surface area contributed by atoms with E-state index in [1.54, 1.807) is 24.5 Å². The number of pyridine rings is 1. The molecule has 102 valence electrons. The Hall–Kier alpha value is -2.25. The van der Waals surface area contributed by atoms with Crippen LogP contribution >= 0.6 is 0 Å². The first-order chi connectivity index (χ1) is 9.69. The van der Waals surface area contributed by atoms with Crippen molar-refractivity contribution in [3.8, 4) is 6.07 Å². The molecule has 0 aliphatic heterocycles. The number of rotatable bonds is 5. The van der Waals surface area contributed by atoms with Crippen LogP contribution in [0.4, 0.5) is 4.39 Å². The summed E-state index contributed by atoms with van der Waals surface area (Å²) in [5.74, 6) is -0.320. The number of aromatic nitrogens is 1. The van der Waals surface area contributed by atoms with Crippen LogP contribution in [0.25, 0.3) is 0 Å². The summed E-state index contributed by atoms with van der Waals surface area (Å²) in [4.78, 5) is 6.04. The maximum atomic E-state index is 13.8. The highest BCUT2D eigenvalue weighted by Gasteiger charge is 2.07. The highest BCUT2D eigenvalue weighted by atomic mass is 19.1. The van der Waals surface area contributed by atoms with Gasteiger partial charge in [0.2, 0.25) is 0 Å². The van der Waals surface area contributed by atoms with Crippen LogP contribution in [0.5, 0.6) is 0 Å². The molecule has 1 aromatic carbocycles. The zero-order valence-corrected chi connectivity index (χ0v) is 11.4. The molecule has 0 saturated heterocycles. The molecule has 0 spiro atoms. The van der Waals surface area contributed by atoms with E-state index in [2.05, 4.69) is 9.88 Å². The molecule has 20 heavy (non-hydrogen) atoms. The molecule has 1 heterocycles. The van der Waals surface area contributed by atoms with Crippen molar-refractivity contribution >= 4 is 0 Å². The van der Waals surface area contributed by atoms with E-state index in [4.69, 9.17) is 5.26 Å². The standard InChI is InChI=1S/C16H16FN3/c1-20(9-6-13-4-7-19-8-5-13)12-15-3-2-14(11-18)10-16(15)17/h2-5,7-8,10H,6,9,12H2,1H3. The van der Waals surface area contributed by atoms with Gasteiger partial charge in [-0.1, -0.05) is 6.07 Å². The molecule has 0 unspecified atom stereocenters. The first-order valence-corrected chi connectivity index (χ1v) is 6.45. The minimum Gasteiger partial charge on any atom is -0.302 e. The van der Waals surface area contributed by atoms with E-state index in [0.29, 0.717) is 17.7 Å². The normalized spacial score (nSPS) is 10.5. The zero-order chi connectivity index (χ0) is 14.4. The Morgan fingerprint density at radius 3 is 2.65 bits per heavy atom. The molecule has 0 N–H and O–H groups in total. The molecule has 3 nitrogen and oxygen atoms in total. The maximum absolute atomic E-state index is 13.8. The van der Waals surface area contributed by atoms with E-state index in [1.165, 1.54) is 11.6 Å². The van der Waals surface area contributed by atoms with Gasteiger partial charge in [-0.3, -0.25) is 4.98 Å². The molecule has 2 rings (SSSR count). The third kappa shape index (κ3) is 3.87. The second kappa shape index (κ2) is 6.78. The first kappa shape index (κ1) is 14.2. The van der Waals surface area contributed by atoms with Gasteiger partial charge in [-0.2, -0.15) is 5.26 Å². The molecule has 0 atom stereocenters. The summed E-state index contributed by atoms with van der Waals surface area (Å²) in [6, 6.07) is 10.5. The Morgan fingerprint density at radius 1 is 1.25 bits per heavy atom. The summed E-state index contributed by atoms with van der Waals surface area (Å²) in [5.41, 5.74) is 2.18. The van der Waals surface area contributed by atoms with Gasteiger partial charge in [-0.25, -0.2) is 4.39 Å². The minimum absolute atomic E-state index is 0.320. The van der Waals surface area contributed by atoms with Crippen molar-refractivity contribution < 1.29 is 4.39 Å². The van der Waals surface area contributed by atoms with Gasteiger partial charge in [0, 0.05) is 31.0 Å². The van der Waals surface area contributed by atoms with Crippen LogP contribution in [0.3, 0.4) is 0 Å². The zero-order valence-electron chi connectivity index (χ0n) is 11.4. The number of benzene rings is 1. The second-order valence-electron chi connectivity index (χ2n) is 4.76. The topological polar surface area (TPSA) is 39.9 Å². The smallest absolute Gasteiger partial charge is 0.129 e. The van der Waals surface area contributed by atoms with Crippen LogP contribution in [0.2, 0.25) is 0 Å². The Morgan fingerprint density at radius 2 is 2.00 bits per heavy atom. The van der Waals surface area contributed by atoms with E-state index < -0.39 is 0 Å². The van der Waals surface area contributed by atoms with E-state index in [0.717, 1.165) is 13.0 Å². The van der Waals surface area contributed by atoms with Crippen molar-refractivity contribution in [1.29, 1.82) is 5.26 Å². The van der Waals surface area contributed by atoms with Gasteiger partial charge in [0.15, 0.2) is 0 Å². The fourth-order valence-corrected chi connectivity index (χ4v) is 1.98. The summed E-state index contributed by atoms with van der Waals surface area (Å²) >= 11 is 0. The van der Waals surface area contributed by atoms with Crippen LogP contribution in [0.1, 0.15) is 16.7 Å². The van der Waals surface area contributed by atoms with Gasteiger partial charge in [0.25, 0.3) is 0 Å². The summed E-state index contributed by atoms with van der Waals surface area (Å²) in [6.07, 6.45) is 4.45. The number of hydrogen-bond acceptors (Lipinski definition) is 3. The lowest BCUT2D eigenvalue weighted by Crippen LogP contribution is -2.21. The van der Waals surface area contributed by atoms with Gasteiger partial charge < -0.3 is 4.90 Å². The van der Waals surface area contributed by atoms with Gasteiger partial charge >= 0.3 is 0 Å². The van der Waals surface area contributed by atoms with Crippen LogP contribution < -0.4 is 0 Å². The molecule has 0 radical (unpaired) electrons. The molecule has 0 aliphatic carbocycles. The predicted octanol–water partition coefficient (Wildman–Crippen LogP) is 2.77. The third-order valence-corrected chi connectivity index (χ3v) is 3.15. The number of nitrogens with zero attached hydrogens (tertiary/aromatic N) is 3. The lowest BCUT2D eigenvalue weighted by atomic mass is 10.1. The van der Waals surface area contributed by atoms with Gasteiger partial charge in [-0.05, 0) is 43.3 Å². The Labute approximate surface area is 118 Å². The van der Waals surface area contributed by atoms with Crippen molar-refractivity contribution in [2.75, 3.05) is 13.6 Å². The van der Waals surface area contributed by atoms with E-state index in [1.807, 2.05) is 25.2 Å². The Balaban J connectivity index is 1.91. The predicted molar refractivity (Wildman–Crippen MR) is 75.4 cm³/mol. The SMILES string of the molecule is CN(CCc1ccncc1)Cc1ccc(C#N)cc1F. The fraction of sp³-hybridized carbons (Fsp3) is 0.250. The molecule has 0 saturated carbocycles. The van der Waals surface area contributed by atoms with Crippen molar-refractivity contribution in [2.24, 2.45) is 0 Å². The van der Waals surface area contributed by atoms with Gasteiger partial charge in [-0.15, -0.1) is 0 Å². The van der Waals surface area contributed by atoms with Crippen molar-refractivity contribution in [3.05, 3.63) is 65.2 Å². The lowest BCUT2D eigenvalue weighted by Gasteiger charge is -2.17. The molecule has 0 bridgehead atoms. The molecule has 2 aromatic rings. The van der Waals surface area contributed by atoms with E-state index in [-0.39, 0.29) is 5.82 Å². The van der Waals surface area contributed by atoms with E-state index in [9.17, 15) is 4.39 Å². The number of likely N-dealkylation sites (N-methyl/N-ethyl adjacent to an activating group) is 1. The number of hydrogen-bond donors (Lipinski definition) is 0. The van der Waals surface area contributed by atoms with Gasteiger partial charge in [0.1, 0.15) is 5.82 Å². The molecule has 0 amide bonds. The maximum Gasteiger partial charge on any atom is 0.129 e. The lowest BCUT2D eigenvalue weighted by molar-refractivity contribution is 0.325. The summed E-state index contributed by atoms with van der Waals surface area (Å²) in [6.45, 7) is 1.37. The number of nitriles is 1. The fourth-order valence-electron chi connectivity index (χ4n) is 1.98. The first-order valence-electron chi connectivity index (χ1n) is 6.45. The average Bonchev–Trinajstić information content (AvgIpc) is 2.48. The number of halogens is 1. The molecular formula is C16H16FN3. The van der Waals surface area contributed by atoms with Crippen molar-refractivity contribution in [3.63, 3.8) is 0 Å². The molecular weight excluding hydrogens is 253 g/mol. The van der Waals surface area contributed by atoms with Crippen molar-refractivity contribution in [2.45, 2.75) is 13.0 Å². The van der Waals surface area contributed by atoms with Crippen LogP contribution in [-0.4, -0.2) is 23.5 Å². The molecule has 1 aromatic heterocycles. The highest BCUT2D eigenvalue weighted by molar-refractivity contribution is 5.32. The quantitative estimate of drug-likeness (QED) is 0.838. The summed E-state index contributed by atoms with van der Waals surface area (Å²) in [5, 5.41) is 8.71. The summed E-state index contributed by atoms with van der Waals surface area (Å²) < 4.78 is 13.8. The van der Waals surface area contributed by atoms with E-state index >= 15 is 0 Å². The molecule has 0 fully saturated rings. The summed E-state index contributed by atoms with van der Waals surface area (Å²) in [7, 11) is 1.96. The van der Waals surface area contributed by atoms with Crippen LogP contribution in [0, 0.1) is 17.1 Å². The van der Waals surface area contributed by atoms with Crippen LogP contribution in [0.15, 0.2) is 42.7 Å². The monoisotopic (exact) mass is 269 g/mol. The Kier molecular flexibility index (Phi) is 4.80. The minimum atomic E-state index is -0.320. The highest BCUT2D eigenvalue weighted by Crippen LogP contribution is 2.12. The molecule has 4 heteroatoms. The Bertz CT molecular complexity index is 605. The van der Waals surface area contributed by atoms with Gasteiger partial charge in [0.05, 0.1) is 11.6 Å². The molecule has 0 aliphatic rings. The largest absolute Gasteiger partial charge is 0.302 e. The second-order valence-corrected chi connectivity index (χ2v) is 4.76.